The van der Waals surface area contributed by atoms with Crippen molar-refractivity contribution < 1.29 is 28.5 Å². The van der Waals surface area contributed by atoms with Gasteiger partial charge >= 0.3 is 5.97 Å². The Kier molecular flexibility index (Phi) is 11.3. The van der Waals surface area contributed by atoms with Gasteiger partial charge in [0.25, 0.3) is 0 Å². The highest BCUT2D eigenvalue weighted by molar-refractivity contribution is 6.30. The second-order valence-corrected chi connectivity index (χ2v) is 12.2. The normalized spacial score (nSPS) is 20.9. The van der Waals surface area contributed by atoms with Crippen molar-refractivity contribution in [2.45, 2.75) is 77.4 Å². The van der Waals surface area contributed by atoms with Crippen molar-refractivity contribution >= 4 is 23.3 Å². The molecule has 1 spiro atoms. The Morgan fingerprint density at radius 3 is 2.79 bits per heavy atom. The summed E-state index contributed by atoms with van der Waals surface area (Å²) in [4.78, 5) is 14.7. The summed E-state index contributed by atoms with van der Waals surface area (Å²) in [5.41, 5.74) is 4.48. The van der Waals surface area contributed by atoms with Crippen molar-refractivity contribution in [3.05, 3.63) is 81.7 Å². The summed E-state index contributed by atoms with van der Waals surface area (Å²) in [6.07, 6.45) is 5.11. The quantitative estimate of drug-likeness (QED) is 0.208. The van der Waals surface area contributed by atoms with Gasteiger partial charge in [-0.2, -0.15) is 0 Å². The van der Waals surface area contributed by atoms with Crippen LogP contribution in [0.15, 0.2) is 60.0 Å². The number of esters is 1. The van der Waals surface area contributed by atoms with Crippen LogP contribution in [0.4, 0.5) is 10.1 Å². The number of aryl methyl sites for hydroxylation is 1. The maximum Gasteiger partial charge on any atom is 0.337 e. The number of aliphatic hydroxyl groups is 1. The van der Waals surface area contributed by atoms with E-state index in [4.69, 9.17) is 25.8 Å². The minimum atomic E-state index is -1.38. The largest absolute Gasteiger partial charge is 0.490 e. The summed E-state index contributed by atoms with van der Waals surface area (Å²) in [6, 6.07) is 11.4. The third-order valence-electron chi connectivity index (χ3n) is 9.06. The number of rotatable bonds is 11. The Morgan fingerprint density at radius 2 is 2.07 bits per heavy atom. The molecule has 4 atom stereocenters. The lowest BCUT2D eigenvalue weighted by atomic mass is 9.70. The minimum absolute atomic E-state index is 0.176. The summed E-state index contributed by atoms with van der Waals surface area (Å²) in [5, 5.41) is 11.8. The second-order valence-electron chi connectivity index (χ2n) is 11.8. The zero-order valence-electron chi connectivity index (χ0n) is 26.0. The lowest BCUT2D eigenvalue weighted by molar-refractivity contribution is -0.0278. The Morgan fingerprint density at radius 1 is 1.28 bits per heavy atom. The molecule has 0 bridgehead atoms. The van der Waals surface area contributed by atoms with E-state index in [0.29, 0.717) is 55.5 Å². The lowest BCUT2D eigenvalue weighted by Gasteiger charge is -2.41. The van der Waals surface area contributed by atoms with Crippen LogP contribution in [0.3, 0.4) is 0 Å². The molecule has 2 aliphatic rings. The number of nitrogens with zero attached hydrogens (tertiary/aromatic N) is 1. The van der Waals surface area contributed by atoms with Gasteiger partial charge in [0.15, 0.2) is 0 Å². The molecule has 0 aromatic heterocycles. The highest BCUT2D eigenvalue weighted by Crippen LogP contribution is 2.44. The van der Waals surface area contributed by atoms with E-state index < -0.39 is 24.0 Å². The Labute approximate surface area is 260 Å². The van der Waals surface area contributed by atoms with Crippen molar-refractivity contribution in [2.24, 2.45) is 5.92 Å². The Hall–Kier alpha value is -2.87. The SMILES string of the molecule is C/C=C(\C)[C@@H](C)C/C=C(\F)C(O)[C@@H](CCN1C[C@@]2(CCCc3cc(Cl)ccc32)COc2ccc(C(=O)OC)cc21)OCC. The molecule has 0 fully saturated rings. The van der Waals surface area contributed by atoms with Crippen LogP contribution in [0, 0.1) is 5.92 Å². The van der Waals surface area contributed by atoms with E-state index >= 15 is 4.39 Å². The van der Waals surface area contributed by atoms with E-state index in [1.807, 2.05) is 52.0 Å². The number of carbonyl (C=O) groups excluding carboxylic acids is 1. The standard InChI is InChI=1S/C35H45ClFNO5/c1-6-23(3)24(4)10-14-29(37)33(39)32(42-7-2)16-18-38-21-35(17-8-9-25-19-27(36)12-13-28(25)35)22-43-31-15-11-26(20-30(31)38)34(40)41-5/h6,11-15,19-20,24,32-33,39H,7-10,16-18,21-22H2,1-5H3/b23-6+,29-14-/t24-,32+,33?,35-/m0/s1. The number of aliphatic hydroxyl groups excluding tert-OH is 1. The molecule has 1 unspecified atom stereocenters. The van der Waals surface area contributed by atoms with Crippen LogP contribution in [0.25, 0.3) is 0 Å². The van der Waals surface area contributed by atoms with Crippen molar-refractivity contribution in [3.63, 3.8) is 0 Å². The number of allylic oxidation sites excluding steroid dienone is 3. The summed E-state index contributed by atoms with van der Waals surface area (Å²) in [5.74, 6) is -0.165. The van der Waals surface area contributed by atoms with E-state index in [1.54, 1.807) is 12.1 Å². The molecule has 1 heterocycles. The number of ether oxygens (including phenoxy) is 3. The summed E-state index contributed by atoms with van der Waals surface area (Å²) in [7, 11) is 1.36. The molecule has 0 amide bonds. The molecular weight excluding hydrogens is 569 g/mol. The van der Waals surface area contributed by atoms with E-state index in [1.165, 1.54) is 29.9 Å². The molecule has 2 aromatic carbocycles. The average molecular weight is 614 g/mol. The molecule has 0 radical (unpaired) electrons. The maximum atomic E-state index is 15.2. The molecule has 8 heteroatoms. The van der Waals surface area contributed by atoms with Crippen molar-refractivity contribution in [3.8, 4) is 5.75 Å². The first-order valence-electron chi connectivity index (χ1n) is 15.3. The summed E-state index contributed by atoms with van der Waals surface area (Å²) < 4.78 is 32.6. The molecule has 43 heavy (non-hydrogen) atoms. The van der Waals surface area contributed by atoms with Crippen LogP contribution in [-0.4, -0.2) is 56.7 Å². The van der Waals surface area contributed by atoms with Crippen LogP contribution in [-0.2, 0) is 21.3 Å². The van der Waals surface area contributed by atoms with E-state index in [0.717, 1.165) is 24.9 Å². The molecule has 4 rings (SSSR count). The van der Waals surface area contributed by atoms with Gasteiger partial charge in [0.1, 0.15) is 17.7 Å². The number of methoxy groups -OCH3 is 1. The molecular formula is C35H45ClFNO5. The average Bonchev–Trinajstić information content (AvgIpc) is 3.17. The molecule has 1 aliphatic heterocycles. The number of benzene rings is 2. The third-order valence-corrected chi connectivity index (χ3v) is 9.29. The topological polar surface area (TPSA) is 68.2 Å². The fraction of sp³-hybridized carbons (Fsp3) is 0.514. The zero-order chi connectivity index (χ0) is 31.1. The highest BCUT2D eigenvalue weighted by atomic mass is 35.5. The third kappa shape index (κ3) is 7.62. The van der Waals surface area contributed by atoms with Gasteiger partial charge in [-0.15, -0.1) is 0 Å². The highest BCUT2D eigenvalue weighted by Gasteiger charge is 2.42. The lowest BCUT2D eigenvalue weighted by Crippen LogP contribution is -2.46. The zero-order valence-corrected chi connectivity index (χ0v) is 26.8. The van der Waals surface area contributed by atoms with E-state index in [-0.39, 0.29) is 11.3 Å². The van der Waals surface area contributed by atoms with Crippen molar-refractivity contribution in [1.82, 2.24) is 0 Å². The van der Waals surface area contributed by atoms with Gasteiger partial charge in [-0.3, -0.25) is 0 Å². The van der Waals surface area contributed by atoms with E-state index in [2.05, 4.69) is 11.0 Å². The van der Waals surface area contributed by atoms with Crippen LogP contribution >= 0.6 is 11.6 Å². The van der Waals surface area contributed by atoms with Gasteiger partial charge in [-0.25, -0.2) is 9.18 Å². The van der Waals surface area contributed by atoms with Gasteiger partial charge in [0.2, 0.25) is 0 Å². The second kappa shape index (κ2) is 14.7. The molecule has 0 saturated carbocycles. The van der Waals surface area contributed by atoms with Crippen molar-refractivity contribution in [2.75, 3.05) is 38.3 Å². The Balaban J connectivity index is 1.65. The fourth-order valence-electron chi connectivity index (χ4n) is 6.28. The monoisotopic (exact) mass is 613 g/mol. The molecule has 1 aliphatic carbocycles. The minimum Gasteiger partial charge on any atom is -0.490 e. The van der Waals surface area contributed by atoms with Gasteiger partial charge in [0.05, 0.1) is 31.1 Å². The van der Waals surface area contributed by atoms with Crippen LogP contribution in [0.1, 0.15) is 74.9 Å². The van der Waals surface area contributed by atoms with Crippen LogP contribution in [0.2, 0.25) is 5.02 Å². The molecule has 2 aromatic rings. The number of hydrogen-bond acceptors (Lipinski definition) is 6. The smallest absolute Gasteiger partial charge is 0.337 e. The summed E-state index contributed by atoms with van der Waals surface area (Å²) >= 11 is 6.37. The molecule has 1 N–H and O–H groups in total. The van der Waals surface area contributed by atoms with Crippen LogP contribution in [0.5, 0.6) is 5.75 Å². The van der Waals surface area contributed by atoms with Gasteiger partial charge in [-0.1, -0.05) is 36.2 Å². The maximum absolute atomic E-state index is 15.2. The van der Waals surface area contributed by atoms with Gasteiger partial charge < -0.3 is 24.2 Å². The predicted molar refractivity (Wildman–Crippen MR) is 170 cm³/mol. The Bertz CT molecular complexity index is 1340. The fourth-order valence-corrected chi connectivity index (χ4v) is 6.48. The van der Waals surface area contributed by atoms with Crippen LogP contribution < -0.4 is 9.64 Å². The number of anilines is 1. The first-order valence-corrected chi connectivity index (χ1v) is 15.7. The summed E-state index contributed by atoms with van der Waals surface area (Å²) in [6.45, 7) is 9.76. The predicted octanol–water partition coefficient (Wildman–Crippen LogP) is 7.60. The first-order chi connectivity index (χ1) is 20.6. The first kappa shape index (κ1) is 33.0. The number of hydrogen-bond donors (Lipinski definition) is 1. The van der Waals surface area contributed by atoms with E-state index in [9.17, 15) is 9.90 Å². The number of halogens is 2. The van der Waals surface area contributed by atoms with Gasteiger partial charge in [-0.05, 0) is 106 Å². The molecule has 6 nitrogen and oxygen atoms in total. The number of carbonyl (C=O) groups is 1. The van der Waals surface area contributed by atoms with Gasteiger partial charge in [0, 0.05) is 30.1 Å². The molecule has 0 saturated heterocycles. The van der Waals surface area contributed by atoms with Crippen molar-refractivity contribution in [1.29, 1.82) is 0 Å². The number of fused-ring (bicyclic) bond motifs is 3. The molecule has 234 valence electrons.